The summed E-state index contributed by atoms with van der Waals surface area (Å²) < 4.78 is 0. The molecule has 1 rings (SSSR count). The number of aliphatic carboxylic acids is 1. The van der Waals surface area contributed by atoms with Crippen molar-refractivity contribution in [2.75, 3.05) is 0 Å². The normalized spacial score (nSPS) is 32.6. The maximum Gasteiger partial charge on any atom is 0.306 e. The first kappa shape index (κ1) is 11.2. The van der Waals surface area contributed by atoms with Gasteiger partial charge < -0.3 is 10.2 Å². The Hall–Kier alpha value is -0.900. The molecule has 1 saturated carbocycles. The molecule has 0 radical (unpaired) electrons. The van der Waals surface area contributed by atoms with Crippen molar-refractivity contribution in [1.82, 2.24) is 0 Å². The van der Waals surface area contributed by atoms with E-state index in [0.717, 1.165) is 0 Å². The Morgan fingerprint density at radius 1 is 1.36 bits per heavy atom. The summed E-state index contributed by atoms with van der Waals surface area (Å²) in [6.45, 7) is 1.71. The fraction of sp³-hybridized carbons (Fsp3) is 0.800. The van der Waals surface area contributed by atoms with Crippen molar-refractivity contribution in [3.63, 3.8) is 0 Å². The second-order valence-corrected chi connectivity index (χ2v) is 3.92. The zero-order chi connectivity index (χ0) is 10.8. The van der Waals surface area contributed by atoms with E-state index >= 15 is 0 Å². The van der Waals surface area contributed by atoms with Crippen molar-refractivity contribution >= 4 is 11.8 Å². The quantitative estimate of drug-likeness (QED) is 0.711. The second kappa shape index (κ2) is 4.09. The van der Waals surface area contributed by atoms with Crippen LogP contribution in [0.1, 0.15) is 39.0 Å². The van der Waals surface area contributed by atoms with Gasteiger partial charge in [0.25, 0.3) is 0 Å². The Morgan fingerprint density at radius 2 is 1.86 bits per heavy atom. The summed E-state index contributed by atoms with van der Waals surface area (Å²) in [7, 11) is 0. The third-order valence-electron chi connectivity index (χ3n) is 3.00. The molecule has 0 unspecified atom stereocenters. The van der Waals surface area contributed by atoms with Gasteiger partial charge in [0.1, 0.15) is 5.60 Å². The molecule has 1 fully saturated rings. The van der Waals surface area contributed by atoms with Crippen LogP contribution >= 0.6 is 0 Å². The van der Waals surface area contributed by atoms with Crippen molar-refractivity contribution in [2.45, 2.75) is 44.6 Å². The summed E-state index contributed by atoms with van der Waals surface area (Å²) >= 11 is 0. The van der Waals surface area contributed by atoms with Crippen LogP contribution in [-0.4, -0.2) is 27.6 Å². The molecule has 0 bridgehead atoms. The van der Waals surface area contributed by atoms with Gasteiger partial charge in [-0.1, -0.05) is 6.92 Å². The lowest BCUT2D eigenvalue weighted by Gasteiger charge is -2.32. The number of carbonyl (C=O) groups is 2. The molecule has 0 aromatic heterocycles. The van der Waals surface area contributed by atoms with E-state index in [1.54, 1.807) is 6.92 Å². The number of carbonyl (C=O) groups excluding carboxylic acids is 1. The monoisotopic (exact) mass is 200 g/mol. The number of Topliss-reactive ketones (excluding diaryl/α,β-unsaturated/α-hetero) is 1. The van der Waals surface area contributed by atoms with E-state index < -0.39 is 11.6 Å². The molecule has 80 valence electrons. The number of hydrogen-bond donors (Lipinski definition) is 2. The summed E-state index contributed by atoms with van der Waals surface area (Å²) in [4.78, 5) is 22.0. The van der Waals surface area contributed by atoms with Crippen molar-refractivity contribution in [1.29, 1.82) is 0 Å². The Balaban J connectivity index is 2.57. The maximum atomic E-state index is 11.4. The van der Waals surface area contributed by atoms with E-state index in [4.69, 9.17) is 5.11 Å². The molecule has 0 atom stereocenters. The molecule has 4 heteroatoms. The number of hydrogen-bond acceptors (Lipinski definition) is 3. The van der Waals surface area contributed by atoms with Gasteiger partial charge in [0.15, 0.2) is 5.78 Å². The molecule has 0 spiro atoms. The third-order valence-corrected chi connectivity index (χ3v) is 3.00. The van der Waals surface area contributed by atoms with Gasteiger partial charge in [-0.15, -0.1) is 0 Å². The first-order valence-electron chi connectivity index (χ1n) is 4.98. The Labute approximate surface area is 82.9 Å². The highest BCUT2D eigenvalue weighted by atomic mass is 16.4. The van der Waals surface area contributed by atoms with Crippen LogP contribution in [0.25, 0.3) is 0 Å². The molecule has 0 heterocycles. The molecule has 0 aliphatic heterocycles. The largest absolute Gasteiger partial charge is 0.481 e. The first-order chi connectivity index (χ1) is 6.49. The van der Waals surface area contributed by atoms with Crippen molar-refractivity contribution in [2.24, 2.45) is 5.92 Å². The summed E-state index contributed by atoms with van der Waals surface area (Å²) in [5.74, 6) is -1.38. The lowest BCUT2D eigenvalue weighted by molar-refractivity contribution is -0.150. The van der Waals surface area contributed by atoms with Crippen LogP contribution < -0.4 is 0 Å². The Bertz CT molecular complexity index is 239. The number of carboxylic acids is 1. The van der Waals surface area contributed by atoms with Gasteiger partial charge in [0.05, 0.1) is 5.92 Å². The molecule has 0 amide bonds. The first-order valence-corrected chi connectivity index (χ1v) is 4.98. The van der Waals surface area contributed by atoms with E-state index in [2.05, 4.69) is 0 Å². The van der Waals surface area contributed by atoms with E-state index in [1.165, 1.54) is 0 Å². The van der Waals surface area contributed by atoms with E-state index in [1.807, 2.05) is 0 Å². The lowest BCUT2D eigenvalue weighted by atomic mass is 9.76. The van der Waals surface area contributed by atoms with Crippen molar-refractivity contribution in [3.05, 3.63) is 0 Å². The molecule has 0 aromatic carbocycles. The fourth-order valence-corrected chi connectivity index (χ4v) is 1.95. The smallest absolute Gasteiger partial charge is 0.306 e. The molecule has 0 saturated heterocycles. The summed E-state index contributed by atoms with van der Waals surface area (Å²) in [5.41, 5.74) is -1.25. The Morgan fingerprint density at radius 3 is 2.21 bits per heavy atom. The van der Waals surface area contributed by atoms with Gasteiger partial charge in [-0.05, 0) is 25.7 Å². The minimum Gasteiger partial charge on any atom is -0.481 e. The number of rotatable bonds is 3. The van der Waals surface area contributed by atoms with Crippen LogP contribution in [0.4, 0.5) is 0 Å². The van der Waals surface area contributed by atoms with Gasteiger partial charge in [-0.2, -0.15) is 0 Å². The van der Waals surface area contributed by atoms with E-state index in [9.17, 15) is 14.7 Å². The molecule has 4 nitrogen and oxygen atoms in total. The van der Waals surface area contributed by atoms with Gasteiger partial charge >= 0.3 is 5.97 Å². The molecule has 0 aromatic rings. The molecular weight excluding hydrogens is 184 g/mol. The summed E-state index contributed by atoms with van der Waals surface area (Å²) in [5, 5.41) is 18.6. The predicted molar refractivity (Wildman–Crippen MR) is 49.8 cm³/mol. The van der Waals surface area contributed by atoms with Crippen LogP contribution in [0.15, 0.2) is 0 Å². The highest BCUT2D eigenvalue weighted by Gasteiger charge is 2.40. The predicted octanol–water partition coefficient (Wildman–Crippen LogP) is 0.971. The molecule has 14 heavy (non-hydrogen) atoms. The molecule has 1 aliphatic rings. The van der Waals surface area contributed by atoms with E-state index in [0.29, 0.717) is 19.3 Å². The van der Waals surface area contributed by atoms with Gasteiger partial charge in [-0.3, -0.25) is 9.59 Å². The van der Waals surface area contributed by atoms with Gasteiger partial charge in [-0.25, -0.2) is 0 Å². The lowest BCUT2D eigenvalue weighted by Crippen LogP contribution is -2.42. The minimum absolute atomic E-state index is 0.165. The zero-order valence-corrected chi connectivity index (χ0v) is 8.32. The second-order valence-electron chi connectivity index (χ2n) is 3.92. The topological polar surface area (TPSA) is 74.6 Å². The summed E-state index contributed by atoms with van der Waals surface area (Å²) in [6.07, 6.45) is 1.69. The van der Waals surface area contributed by atoms with Crippen LogP contribution in [0.2, 0.25) is 0 Å². The molecular formula is C10H16O4. The SMILES string of the molecule is CCC(=O)C1(O)CCC(C(=O)O)CC1. The number of ketones is 1. The average Bonchev–Trinajstić information content (AvgIpc) is 2.17. The number of carboxylic acid groups (broad SMARTS) is 1. The van der Waals surface area contributed by atoms with Gasteiger partial charge in [0, 0.05) is 6.42 Å². The molecule has 2 N–H and O–H groups in total. The van der Waals surface area contributed by atoms with Crippen LogP contribution in [-0.2, 0) is 9.59 Å². The third kappa shape index (κ3) is 2.12. The minimum atomic E-state index is -1.25. The summed E-state index contributed by atoms with van der Waals surface area (Å²) in [6, 6.07) is 0. The molecule has 1 aliphatic carbocycles. The van der Waals surface area contributed by atoms with Crippen LogP contribution in [0, 0.1) is 5.92 Å². The zero-order valence-electron chi connectivity index (χ0n) is 8.32. The van der Waals surface area contributed by atoms with Crippen molar-refractivity contribution in [3.8, 4) is 0 Å². The number of aliphatic hydroxyl groups is 1. The van der Waals surface area contributed by atoms with Crippen molar-refractivity contribution < 1.29 is 19.8 Å². The van der Waals surface area contributed by atoms with Crippen LogP contribution in [0.3, 0.4) is 0 Å². The van der Waals surface area contributed by atoms with Gasteiger partial charge in [0.2, 0.25) is 0 Å². The highest BCUT2D eigenvalue weighted by Crippen LogP contribution is 2.33. The standard InChI is InChI=1S/C10H16O4/c1-2-8(11)10(14)5-3-7(4-6-10)9(12)13/h7,14H,2-6H2,1H3,(H,12,13). The average molecular weight is 200 g/mol. The fourth-order valence-electron chi connectivity index (χ4n) is 1.95. The van der Waals surface area contributed by atoms with E-state index in [-0.39, 0.29) is 24.5 Å². The maximum absolute atomic E-state index is 11.4. The highest BCUT2D eigenvalue weighted by molar-refractivity contribution is 5.87. The Kier molecular flexibility index (Phi) is 3.26. The van der Waals surface area contributed by atoms with Crippen LogP contribution in [0.5, 0.6) is 0 Å².